The third-order valence-electron chi connectivity index (χ3n) is 2.02. The molecule has 0 spiro atoms. The minimum absolute atomic E-state index is 0. The van der Waals surface area contributed by atoms with Crippen molar-refractivity contribution in [3.05, 3.63) is 71.8 Å². The molecule has 0 aromatic heterocycles. The van der Waals surface area contributed by atoms with Crippen LogP contribution in [0.1, 0.15) is 20.7 Å². The van der Waals surface area contributed by atoms with E-state index < -0.39 is 11.9 Å². The molecular weight excluding hydrogens is 323 g/mol. The number of carboxylic acid groups (broad SMARTS) is 2. The van der Waals surface area contributed by atoms with Crippen molar-refractivity contribution in [3.63, 3.8) is 0 Å². The Morgan fingerprint density at radius 3 is 1.05 bits per heavy atom. The Kier molecular flexibility index (Phi) is 8.38. The first-order valence-corrected chi connectivity index (χ1v) is 5.14. The van der Waals surface area contributed by atoms with Crippen molar-refractivity contribution in [3.8, 4) is 0 Å². The first-order chi connectivity index (χ1) is 8.61. The van der Waals surface area contributed by atoms with Gasteiger partial charge in [-0.2, -0.15) is 0 Å². The molecule has 0 amide bonds. The first kappa shape index (κ1) is 17.3. The van der Waals surface area contributed by atoms with E-state index in [0.717, 1.165) is 0 Å². The van der Waals surface area contributed by atoms with Crippen LogP contribution in [0.15, 0.2) is 60.7 Å². The van der Waals surface area contributed by atoms with Gasteiger partial charge in [0.1, 0.15) is 0 Å². The molecule has 94 valence electrons. The Morgan fingerprint density at radius 1 is 0.632 bits per heavy atom. The van der Waals surface area contributed by atoms with Crippen LogP contribution in [-0.4, -0.2) is 11.9 Å². The number of rotatable bonds is 2. The summed E-state index contributed by atoms with van der Waals surface area (Å²) in [4.78, 5) is 20.2. The van der Waals surface area contributed by atoms with Crippen molar-refractivity contribution in [1.29, 1.82) is 0 Å². The molecule has 0 aliphatic heterocycles. The fraction of sp³-hybridized carbons (Fsp3) is 0. The molecule has 0 fully saturated rings. The van der Waals surface area contributed by atoms with E-state index in [1.807, 2.05) is 0 Å². The Morgan fingerprint density at radius 2 is 0.895 bits per heavy atom. The van der Waals surface area contributed by atoms with Crippen LogP contribution < -0.4 is 10.2 Å². The second-order valence-corrected chi connectivity index (χ2v) is 3.31. The number of benzene rings is 2. The van der Waals surface area contributed by atoms with Crippen molar-refractivity contribution >= 4 is 11.9 Å². The van der Waals surface area contributed by atoms with Crippen molar-refractivity contribution in [1.82, 2.24) is 0 Å². The summed E-state index contributed by atoms with van der Waals surface area (Å²) < 4.78 is 0. The van der Waals surface area contributed by atoms with Crippen LogP contribution in [0.5, 0.6) is 0 Å². The van der Waals surface area contributed by atoms with Gasteiger partial charge in [0, 0.05) is 0 Å². The summed E-state index contributed by atoms with van der Waals surface area (Å²) in [6.45, 7) is 0. The fourth-order valence-electron chi connectivity index (χ4n) is 1.15. The second-order valence-electron chi connectivity index (χ2n) is 3.31. The van der Waals surface area contributed by atoms with E-state index in [2.05, 4.69) is 0 Å². The molecule has 0 unspecified atom stereocenters. The number of aromatic carboxylic acids is 2. The first-order valence-electron chi connectivity index (χ1n) is 5.14. The molecule has 2 rings (SSSR count). The average Bonchev–Trinajstić information content (AvgIpc) is 2.41. The topological polar surface area (TPSA) is 80.3 Å². The van der Waals surface area contributed by atoms with Crippen LogP contribution in [0.3, 0.4) is 0 Å². The fourth-order valence-corrected chi connectivity index (χ4v) is 1.15. The zero-order valence-corrected chi connectivity index (χ0v) is 12.4. The minimum Gasteiger partial charge on any atom is -0.545 e. The van der Waals surface area contributed by atoms with Gasteiger partial charge in [-0.25, -0.2) is 0 Å². The Bertz CT molecular complexity index is 462. The van der Waals surface area contributed by atoms with Crippen LogP contribution in [0, 0.1) is 0 Å². The Balaban J connectivity index is 0.000000324. The van der Waals surface area contributed by atoms with Gasteiger partial charge in [0.25, 0.3) is 0 Å². The van der Waals surface area contributed by atoms with Crippen molar-refractivity contribution in [2.75, 3.05) is 0 Å². The van der Waals surface area contributed by atoms with Gasteiger partial charge < -0.3 is 19.8 Å². The van der Waals surface area contributed by atoms with E-state index in [9.17, 15) is 19.8 Å². The Labute approximate surface area is 129 Å². The molecule has 5 heteroatoms. The van der Waals surface area contributed by atoms with Crippen LogP contribution in [-0.2, 0) is 26.2 Å². The molecule has 2 aromatic rings. The summed E-state index contributed by atoms with van der Waals surface area (Å²) in [5.74, 6) is -2.26. The van der Waals surface area contributed by atoms with Crippen molar-refractivity contribution in [2.24, 2.45) is 0 Å². The molecular formula is C14H10O4Zr. The summed E-state index contributed by atoms with van der Waals surface area (Å²) >= 11 is 0. The average molecular weight is 333 g/mol. The molecule has 0 aliphatic rings. The third-order valence-corrected chi connectivity index (χ3v) is 2.02. The van der Waals surface area contributed by atoms with E-state index in [0.29, 0.717) is 0 Å². The van der Waals surface area contributed by atoms with Crippen LogP contribution in [0.4, 0.5) is 0 Å². The number of carbonyl (C=O) groups excluding carboxylic acids is 2. The summed E-state index contributed by atoms with van der Waals surface area (Å²) in [7, 11) is 0. The maximum Gasteiger partial charge on any atom is 2.00 e. The van der Waals surface area contributed by atoms with Gasteiger partial charge in [0.2, 0.25) is 0 Å². The molecule has 0 N–H and O–H groups in total. The SMILES string of the molecule is O=C([O-])c1ccccc1.O=C([O-])c1ccccc1.[Zr+2]. The van der Waals surface area contributed by atoms with E-state index in [1.165, 1.54) is 24.3 Å². The van der Waals surface area contributed by atoms with Crippen LogP contribution in [0.25, 0.3) is 0 Å². The summed E-state index contributed by atoms with van der Waals surface area (Å²) in [5.41, 5.74) is 0.440. The molecule has 0 saturated heterocycles. The van der Waals surface area contributed by atoms with Crippen molar-refractivity contribution in [2.45, 2.75) is 0 Å². The van der Waals surface area contributed by atoms with Gasteiger partial charge in [-0.3, -0.25) is 0 Å². The number of hydrogen-bond donors (Lipinski definition) is 0. The molecule has 0 aliphatic carbocycles. The smallest absolute Gasteiger partial charge is 0.545 e. The van der Waals surface area contributed by atoms with E-state index >= 15 is 0 Å². The van der Waals surface area contributed by atoms with Gasteiger partial charge in [0.15, 0.2) is 0 Å². The van der Waals surface area contributed by atoms with E-state index in [4.69, 9.17) is 0 Å². The minimum atomic E-state index is -1.13. The van der Waals surface area contributed by atoms with Gasteiger partial charge in [0.05, 0.1) is 11.9 Å². The zero-order chi connectivity index (χ0) is 13.4. The standard InChI is InChI=1S/2C7H6O2.Zr/c2*8-7(9)6-4-2-1-3-5-6;/h2*1-5H,(H,8,9);/q;;+2/p-2. The monoisotopic (exact) mass is 332 g/mol. The van der Waals surface area contributed by atoms with Gasteiger partial charge >= 0.3 is 26.2 Å². The number of carboxylic acids is 2. The van der Waals surface area contributed by atoms with Gasteiger partial charge in [-0.05, 0) is 11.1 Å². The maximum atomic E-state index is 10.1. The van der Waals surface area contributed by atoms with Crippen molar-refractivity contribution < 1.29 is 46.0 Å². The molecule has 2 aromatic carbocycles. The van der Waals surface area contributed by atoms with E-state index in [-0.39, 0.29) is 37.3 Å². The molecule has 19 heavy (non-hydrogen) atoms. The predicted octanol–water partition coefficient (Wildman–Crippen LogP) is 0.0977. The molecule has 0 heterocycles. The Hall–Kier alpha value is -1.74. The summed E-state index contributed by atoms with van der Waals surface area (Å²) in [6.07, 6.45) is 0. The largest absolute Gasteiger partial charge is 2.00 e. The number of hydrogen-bond acceptors (Lipinski definition) is 4. The molecule has 0 saturated carbocycles. The quantitative estimate of drug-likeness (QED) is 0.780. The van der Waals surface area contributed by atoms with E-state index in [1.54, 1.807) is 36.4 Å². The van der Waals surface area contributed by atoms with Crippen LogP contribution in [0.2, 0.25) is 0 Å². The van der Waals surface area contributed by atoms with Gasteiger partial charge in [-0.1, -0.05) is 60.7 Å². The molecule has 0 atom stereocenters. The molecule has 0 radical (unpaired) electrons. The number of carbonyl (C=O) groups is 2. The molecule has 0 bridgehead atoms. The zero-order valence-electron chi connectivity index (χ0n) is 9.91. The van der Waals surface area contributed by atoms with Gasteiger partial charge in [-0.15, -0.1) is 0 Å². The normalized spacial score (nSPS) is 8.42. The van der Waals surface area contributed by atoms with Crippen LogP contribution >= 0.6 is 0 Å². The summed E-state index contributed by atoms with van der Waals surface area (Å²) in [5, 5.41) is 20.2. The second kappa shape index (κ2) is 9.23. The molecule has 4 nitrogen and oxygen atoms in total. The third kappa shape index (κ3) is 6.68. The predicted molar refractivity (Wildman–Crippen MR) is 61.5 cm³/mol. The maximum absolute atomic E-state index is 10.1. The summed E-state index contributed by atoms with van der Waals surface area (Å²) in [6, 6.07) is 16.1.